The van der Waals surface area contributed by atoms with E-state index in [4.69, 9.17) is 18.9 Å². The Morgan fingerprint density at radius 1 is 0.292 bits per heavy atom. The summed E-state index contributed by atoms with van der Waals surface area (Å²) >= 11 is 0. The van der Waals surface area contributed by atoms with Crippen LogP contribution >= 0.6 is 0 Å². The number of hydrogen-bond donors (Lipinski definition) is 0. The minimum Gasteiger partial charge on any atom is -0.494 e. The lowest BCUT2D eigenvalue weighted by Crippen LogP contribution is -2.08. The molecule has 0 spiro atoms. The van der Waals surface area contributed by atoms with Crippen LogP contribution in [0.3, 0.4) is 0 Å². The highest BCUT2D eigenvalue weighted by molar-refractivity contribution is 5.92. The Bertz CT molecular complexity index is 2400. The average Bonchev–Trinajstić information content (AvgIpc) is 3.42. The maximum atomic E-state index is 13.2. The van der Waals surface area contributed by atoms with Gasteiger partial charge in [0.05, 0.1) is 24.3 Å². The molecule has 6 aromatic rings. The normalized spacial score (nSPS) is 11.1. The van der Waals surface area contributed by atoms with Crippen LogP contribution in [0.1, 0.15) is 189 Å². The standard InChI is InChI=1S/C66H82O6/c1-3-5-7-9-11-13-15-17-19-21-23-25-50-69-61-44-38-55(39-45-61)53-30-34-58(35-31-53)65(67)71-63-48-42-57(43-49-63)60-28-27-29-64(52-60)72-66(68)59-36-32-54(33-37-59)56-40-46-62(47-41-56)70-51-26-24-22-20-18-16-14-12-10-8-6-4-2/h27-49,52H,3-26,50-51H2,1-2H3. The van der Waals surface area contributed by atoms with E-state index < -0.39 is 11.9 Å². The molecule has 0 N–H and O–H groups in total. The van der Waals surface area contributed by atoms with Crippen molar-refractivity contribution in [3.05, 3.63) is 157 Å². The van der Waals surface area contributed by atoms with Crippen LogP contribution in [0.25, 0.3) is 33.4 Å². The summed E-state index contributed by atoms with van der Waals surface area (Å²) < 4.78 is 23.6. The highest BCUT2D eigenvalue weighted by Crippen LogP contribution is 2.29. The van der Waals surface area contributed by atoms with E-state index in [0.29, 0.717) is 22.6 Å². The van der Waals surface area contributed by atoms with Gasteiger partial charge in [-0.3, -0.25) is 0 Å². The van der Waals surface area contributed by atoms with Gasteiger partial charge in [-0.1, -0.05) is 228 Å². The van der Waals surface area contributed by atoms with E-state index in [9.17, 15) is 9.59 Å². The molecule has 0 unspecified atom stereocenters. The van der Waals surface area contributed by atoms with Crippen molar-refractivity contribution in [3.63, 3.8) is 0 Å². The molecule has 6 nitrogen and oxygen atoms in total. The van der Waals surface area contributed by atoms with Crippen molar-refractivity contribution in [2.24, 2.45) is 0 Å². The molecule has 6 aromatic carbocycles. The van der Waals surface area contributed by atoms with Gasteiger partial charge in [0.2, 0.25) is 0 Å². The first-order chi connectivity index (χ1) is 35.5. The van der Waals surface area contributed by atoms with Gasteiger partial charge >= 0.3 is 11.9 Å². The Morgan fingerprint density at radius 3 is 0.944 bits per heavy atom. The average molecular weight is 971 g/mol. The lowest BCUT2D eigenvalue weighted by molar-refractivity contribution is 0.0725. The fourth-order valence-corrected chi connectivity index (χ4v) is 9.14. The first kappa shape index (κ1) is 55.2. The number of carbonyl (C=O) groups excluding carboxylic acids is 2. The van der Waals surface area contributed by atoms with Gasteiger partial charge in [-0.25, -0.2) is 9.59 Å². The summed E-state index contributed by atoms with van der Waals surface area (Å²) in [6.07, 6.45) is 31.9. The molecule has 0 fully saturated rings. The molecule has 382 valence electrons. The van der Waals surface area contributed by atoms with Crippen LogP contribution in [0.4, 0.5) is 0 Å². The number of ether oxygens (including phenoxy) is 4. The molecule has 0 aliphatic heterocycles. The van der Waals surface area contributed by atoms with Crippen LogP contribution in [0.15, 0.2) is 146 Å². The highest BCUT2D eigenvalue weighted by atomic mass is 16.5. The SMILES string of the molecule is CCCCCCCCCCCCCCOc1ccc(-c2ccc(C(=O)Oc3ccc(-c4cccc(OC(=O)c5ccc(-c6ccc(OCCCCCCCCCCCCCC)cc6)cc5)c4)cc3)cc2)cc1. The van der Waals surface area contributed by atoms with E-state index >= 15 is 0 Å². The predicted molar refractivity (Wildman–Crippen MR) is 299 cm³/mol. The van der Waals surface area contributed by atoms with Crippen LogP contribution in [0, 0.1) is 0 Å². The van der Waals surface area contributed by atoms with Crippen LogP contribution in [0.2, 0.25) is 0 Å². The summed E-state index contributed by atoms with van der Waals surface area (Å²) in [6.45, 7) is 6.03. The fraction of sp³-hybridized carbons (Fsp3) is 0.424. The second-order valence-electron chi connectivity index (χ2n) is 19.5. The van der Waals surface area contributed by atoms with Gasteiger partial charge in [0, 0.05) is 0 Å². The summed E-state index contributed by atoms with van der Waals surface area (Å²) in [5.41, 5.74) is 6.82. The Morgan fingerprint density at radius 2 is 0.583 bits per heavy atom. The summed E-state index contributed by atoms with van der Waals surface area (Å²) in [6, 6.07) is 45.9. The van der Waals surface area contributed by atoms with Crippen molar-refractivity contribution < 1.29 is 28.5 Å². The summed E-state index contributed by atoms with van der Waals surface area (Å²) in [4.78, 5) is 26.3. The minimum atomic E-state index is -0.432. The van der Waals surface area contributed by atoms with Crippen LogP contribution < -0.4 is 18.9 Å². The molecule has 0 atom stereocenters. The number of hydrogen-bond acceptors (Lipinski definition) is 6. The minimum absolute atomic E-state index is 0.430. The Hall–Kier alpha value is -6.14. The number of benzene rings is 6. The third kappa shape index (κ3) is 20.2. The molecule has 72 heavy (non-hydrogen) atoms. The monoisotopic (exact) mass is 971 g/mol. The largest absolute Gasteiger partial charge is 0.494 e. The van der Waals surface area contributed by atoms with Gasteiger partial charge in [-0.2, -0.15) is 0 Å². The van der Waals surface area contributed by atoms with E-state index in [0.717, 1.165) is 70.9 Å². The zero-order valence-corrected chi connectivity index (χ0v) is 43.7. The van der Waals surface area contributed by atoms with Crippen molar-refractivity contribution >= 4 is 11.9 Å². The van der Waals surface area contributed by atoms with Gasteiger partial charge in [0.15, 0.2) is 0 Å². The van der Waals surface area contributed by atoms with Gasteiger partial charge in [-0.05, 0) is 119 Å². The van der Waals surface area contributed by atoms with E-state index in [1.165, 1.54) is 141 Å². The molecular formula is C66H82O6. The molecule has 0 saturated heterocycles. The zero-order valence-electron chi connectivity index (χ0n) is 43.7. The molecule has 0 aliphatic carbocycles. The van der Waals surface area contributed by atoms with Crippen molar-refractivity contribution in [1.29, 1.82) is 0 Å². The van der Waals surface area contributed by atoms with Gasteiger partial charge in [0.1, 0.15) is 23.0 Å². The molecule has 0 heterocycles. The second kappa shape index (κ2) is 32.8. The third-order valence-corrected chi connectivity index (χ3v) is 13.6. The smallest absolute Gasteiger partial charge is 0.343 e. The van der Waals surface area contributed by atoms with Crippen molar-refractivity contribution in [3.8, 4) is 56.4 Å². The summed E-state index contributed by atoms with van der Waals surface area (Å²) in [7, 11) is 0. The summed E-state index contributed by atoms with van der Waals surface area (Å²) in [5.74, 6) is 1.77. The van der Waals surface area contributed by atoms with Crippen molar-refractivity contribution in [2.45, 2.75) is 168 Å². The lowest BCUT2D eigenvalue weighted by Gasteiger charge is -2.10. The number of esters is 2. The molecule has 0 aliphatic rings. The zero-order chi connectivity index (χ0) is 50.3. The molecule has 0 saturated carbocycles. The van der Waals surface area contributed by atoms with Crippen molar-refractivity contribution in [2.75, 3.05) is 13.2 Å². The van der Waals surface area contributed by atoms with Crippen molar-refractivity contribution in [1.82, 2.24) is 0 Å². The van der Waals surface area contributed by atoms with Crippen LogP contribution in [-0.2, 0) is 0 Å². The first-order valence-electron chi connectivity index (χ1n) is 27.8. The molecule has 6 heteroatoms. The maximum Gasteiger partial charge on any atom is 0.343 e. The molecule has 6 rings (SSSR count). The van der Waals surface area contributed by atoms with Gasteiger partial charge in [-0.15, -0.1) is 0 Å². The van der Waals surface area contributed by atoms with E-state index in [1.807, 2.05) is 78.9 Å². The molecule has 0 radical (unpaired) electrons. The Kier molecular flexibility index (Phi) is 25.1. The van der Waals surface area contributed by atoms with Gasteiger partial charge in [0.25, 0.3) is 0 Å². The lowest BCUT2D eigenvalue weighted by atomic mass is 10.0. The Labute approximate surface area is 432 Å². The van der Waals surface area contributed by atoms with E-state index in [-0.39, 0.29) is 0 Å². The molecular weight excluding hydrogens is 889 g/mol. The quantitative estimate of drug-likeness (QED) is 0.0224. The number of rotatable bonds is 35. The highest BCUT2D eigenvalue weighted by Gasteiger charge is 2.13. The number of unbranched alkanes of at least 4 members (excludes halogenated alkanes) is 22. The molecule has 0 bridgehead atoms. The topological polar surface area (TPSA) is 71.1 Å². The molecule has 0 amide bonds. The summed E-state index contributed by atoms with van der Waals surface area (Å²) in [5, 5.41) is 0. The van der Waals surface area contributed by atoms with Gasteiger partial charge < -0.3 is 18.9 Å². The Balaban J connectivity index is 0.863. The molecule has 0 aromatic heterocycles. The third-order valence-electron chi connectivity index (χ3n) is 13.6. The number of carbonyl (C=O) groups is 2. The fourth-order valence-electron chi connectivity index (χ4n) is 9.14. The van der Waals surface area contributed by atoms with Crippen LogP contribution in [0.5, 0.6) is 23.0 Å². The second-order valence-corrected chi connectivity index (χ2v) is 19.5. The first-order valence-corrected chi connectivity index (χ1v) is 27.8. The van der Waals surface area contributed by atoms with Crippen LogP contribution in [-0.4, -0.2) is 25.2 Å². The predicted octanol–water partition coefficient (Wildman–Crippen LogP) is 19.3. The van der Waals surface area contributed by atoms with E-state index in [2.05, 4.69) is 38.1 Å². The maximum absolute atomic E-state index is 13.2. The van der Waals surface area contributed by atoms with E-state index in [1.54, 1.807) is 42.5 Å².